The van der Waals surface area contributed by atoms with Crippen LogP contribution in [0.4, 0.5) is 0 Å². The first-order chi connectivity index (χ1) is 11.8. The van der Waals surface area contributed by atoms with Gasteiger partial charge in [0.05, 0.1) is 25.8 Å². The van der Waals surface area contributed by atoms with Crippen LogP contribution >= 0.6 is 0 Å². The normalized spacial score (nSPS) is 21.0. The van der Waals surface area contributed by atoms with Gasteiger partial charge in [0.25, 0.3) is 0 Å². The summed E-state index contributed by atoms with van der Waals surface area (Å²) < 4.78 is 8.34. The molecule has 0 unspecified atom stereocenters. The van der Waals surface area contributed by atoms with Crippen molar-refractivity contribution in [3.8, 4) is 0 Å². The second-order valence-electron chi connectivity index (χ2n) is 6.79. The van der Waals surface area contributed by atoms with Gasteiger partial charge in [-0.3, -0.25) is 9.78 Å². The first kappa shape index (κ1) is 15.4. The van der Waals surface area contributed by atoms with Crippen LogP contribution in [-0.4, -0.2) is 33.0 Å². The minimum absolute atomic E-state index is 0.00267. The summed E-state index contributed by atoms with van der Waals surface area (Å²) in [5.41, 5.74) is 2.25. The predicted molar refractivity (Wildman–Crippen MR) is 90.0 cm³/mol. The van der Waals surface area contributed by atoms with Gasteiger partial charge in [0.1, 0.15) is 0 Å². The Balaban J connectivity index is 1.47. The van der Waals surface area contributed by atoms with Crippen LogP contribution in [0.1, 0.15) is 30.5 Å². The first-order valence-corrected chi connectivity index (χ1v) is 8.73. The van der Waals surface area contributed by atoms with Crippen LogP contribution in [0.15, 0.2) is 42.9 Å². The van der Waals surface area contributed by atoms with Crippen LogP contribution in [0, 0.1) is 5.92 Å². The molecule has 0 bridgehead atoms. The number of ether oxygens (including phenoxy) is 1. The second kappa shape index (κ2) is 6.77. The third-order valence-electron chi connectivity index (χ3n) is 5.08. The number of nitrogens with zero attached hydrogens (tertiary/aromatic N) is 3. The Hall–Kier alpha value is -2.14. The third-order valence-corrected chi connectivity index (χ3v) is 5.08. The lowest BCUT2D eigenvalue weighted by Crippen LogP contribution is -2.42. The van der Waals surface area contributed by atoms with Gasteiger partial charge in [-0.05, 0) is 36.6 Å². The highest BCUT2D eigenvalue weighted by atomic mass is 16.5. The molecular formula is C19H23N3O2. The zero-order valence-corrected chi connectivity index (χ0v) is 13.8. The number of fused-ring (bicyclic) bond motifs is 1. The minimum atomic E-state index is 0.00267. The fraction of sp³-hybridized carbons (Fsp3) is 0.474. The first-order valence-electron chi connectivity index (χ1n) is 8.73. The Morgan fingerprint density at radius 2 is 2.17 bits per heavy atom. The molecule has 126 valence electrons. The molecule has 0 aromatic carbocycles. The number of aromatic nitrogens is 2. The molecule has 1 fully saturated rings. The lowest BCUT2D eigenvalue weighted by atomic mass is 9.84. The number of carbonyl (C=O) groups excluding carboxylic acids is 1. The molecule has 3 heterocycles. The molecule has 2 aromatic rings. The van der Waals surface area contributed by atoms with E-state index in [4.69, 9.17) is 4.74 Å². The Morgan fingerprint density at radius 1 is 1.25 bits per heavy atom. The highest BCUT2D eigenvalue weighted by Crippen LogP contribution is 2.29. The van der Waals surface area contributed by atoms with Gasteiger partial charge >= 0.3 is 0 Å². The minimum Gasteiger partial charge on any atom is -0.370 e. The number of carbonyl (C=O) groups is 1. The number of amides is 1. The van der Waals surface area contributed by atoms with E-state index in [9.17, 15) is 4.79 Å². The fourth-order valence-electron chi connectivity index (χ4n) is 3.44. The van der Waals surface area contributed by atoms with Crippen molar-refractivity contribution < 1.29 is 9.53 Å². The van der Waals surface area contributed by atoms with Crippen LogP contribution in [0.3, 0.4) is 0 Å². The van der Waals surface area contributed by atoms with Gasteiger partial charge in [0.2, 0.25) is 5.91 Å². The summed E-state index contributed by atoms with van der Waals surface area (Å²) in [6, 6.07) is 8.08. The van der Waals surface area contributed by atoms with Crippen molar-refractivity contribution >= 4 is 5.91 Å². The van der Waals surface area contributed by atoms with E-state index in [-0.39, 0.29) is 12.0 Å². The Bertz CT molecular complexity index is 694. The van der Waals surface area contributed by atoms with Crippen LogP contribution < -0.4 is 0 Å². The van der Waals surface area contributed by atoms with E-state index in [2.05, 4.69) is 21.8 Å². The van der Waals surface area contributed by atoms with Crippen LogP contribution in [0.2, 0.25) is 0 Å². The molecule has 2 aromatic heterocycles. The topological polar surface area (TPSA) is 47.4 Å². The molecule has 0 spiro atoms. The zero-order chi connectivity index (χ0) is 16.4. The molecular weight excluding hydrogens is 302 g/mol. The average molecular weight is 325 g/mol. The molecule has 0 radical (unpaired) electrons. The van der Waals surface area contributed by atoms with Gasteiger partial charge in [-0.15, -0.1) is 0 Å². The van der Waals surface area contributed by atoms with Gasteiger partial charge in [0.15, 0.2) is 0 Å². The van der Waals surface area contributed by atoms with Gasteiger partial charge in [-0.25, -0.2) is 0 Å². The highest BCUT2D eigenvalue weighted by molar-refractivity contribution is 5.79. The molecule has 1 amide bonds. The summed E-state index contributed by atoms with van der Waals surface area (Å²) in [4.78, 5) is 18.9. The molecule has 0 saturated heterocycles. The number of hydrogen-bond donors (Lipinski definition) is 0. The lowest BCUT2D eigenvalue weighted by molar-refractivity contribution is -0.140. The van der Waals surface area contributed by atoms with Crippen molar-refractivity contribution in [2.75, 3.05) is 6.54 Å². The van der Waals surface area contributed by atoms with E-state index < -0.39 is 0 Å². The van der Waals surface area contributed by atoms with Crippen molar-refractivity contribution in [1.29, 1.82) is 0 Å². The van der Waals surface area contributed by atoms with Crippen molar-refractivity contribution in [3.63, 3.8) is 0 Å². The Labute approximate surface area is 142 Å². The summed E-state index contributed by atoms with van der Waals surface area (Å²) in [5, 5.41) is 0. The van der Waals surface area contributed by atoms with Crippen molar-refractivity contribution in [1.82, 2.24) is 14.5 Å². The van der Waals surface area contributed by atoms with Crippen LogP contribution in [-0.2, 0) is 29.2 Å². The number of pyridine rings is 1. The molecule has 0 N–H and O–H groups in total. The van der Waals surface area contributed by atoms with E-state index in [1.165, 1.54) is 12.1 Å². The summed E-state index contributed by atoms with van der Waals surface area (Å²) in [7, 11) is 0. The van der Waals surface area contributed by atoms with Crippen molar-refractivity contribution in [3.05, 3.63) is 54.1 Å². The monoisotopic (exact) mass is 325 g/mol. The van der Waals surface area contributed by atoms with E-state index in [1.54, 1.807) is 6.20 Å². The Morgan fingerprint density at radius 3 is 2.92 bits per heavy atom. The van der Waals surface area contributed by atoms with Crippen LogP contribution in [0.5, 0.6) is 0 Å². The third kappa shape index (κ3) is 3.22. The smallest absolute Gasteiger partial charge is 0.226 e. The SMILES string of the molecule is O=C(C1CCC1)N1Cc2cccn2C[C@H](OCc2cccnc2)C1. The molecule has 4 rings (SSSR count). The summed E-state index contributed by atoms with van der Waals surface area (Å²) in [6.45, 7) is 2.67. The number of rotatable bonds is 4. The number of hydrogen-bond acceptors (Lipinski definition) is 3. The van der Waals surface area contributed by atoms with Gasteiger partial charge in [-0.1, -0.05) is 12.5 Å². The zero-order valence-electron chi connectivity index (χ0n) is 13.8. The highest BCUT2D eigenvalue weighted by Gasteiger charge is 2.32. The average Bonchev–Trinajstić information content (AvgIpc) is 2.90. The maximum atomic E-state index is 12.7. The maximum Gasteiger partial charge on any atom is 0.226 e. The molecule has 1 aliphatic heterocycles. The van der Waals surface area contributed by atoms with Crippen molar-refractivity contribution in [2.24, 2.45) is 5.92 Å². The van der Waals surface area contributed by atoms with E-state index in [0.29, 0.717) is 25.6 Å². The maximum absolute atomic E-state index is 12.7. The summed E-state index contributed by atoms with van der Waals surface area (Å²) in [6.07, 6.45) is 8.93. The van der Waals surface area contributed by atoms with Gasteiger partial charge in [-0.2, -0.15) is 0 Å². The van der Waals surface area contributed by atoms with Crippen LogP contribution in [0.25, 0.3) is 0 Å². The molecule has 2 aliphatic rings. The summed E-state index contributed by atoms with van der Waals surface area (Å²) >= 11 is 0. The molecule has 5 heteroatoms. The standard InChI is InChI=1S/C19H23N3O2/c23-19(16-5-1-6-16)22-11-17-7-3-9-21(17)12-18(13-22)24-14-15-4-2-8-20-10-15/h2-4,7-10,16,18H,1,5-6,11-14H2/t18-/m0/s1. The Kier molecular flexibility index (Phi) is 4.34. The van der Waals surface area contributed by atoms with Gasteiger partial charge < -0.3 is 14.2 Å². The molecule has 5 nitrogen and oxygen atoms in total. The lowest BCUT2D eigenvalue weighted by Gasteiger charge is -2.32. The fourth-order valence-corrected chi connectivity index (χ4v) is 3.44. The quantitative estimate of drug-likeness (QED) is 0.868. The molecule has 1 atom stereocenters. The van der Waals surface area contributed by atoms with Crippen molar-refractivity contribution in [2.45, 2.75) is 45.1 Å². The van der Waals surface area contributed by atoms with E-state index in [1.807, 2.05) is 29.3 Å². The van der Waals surface area contributed by atoms with E-state index >= 15 is 0 Å². The van der Waals surface area contributed by atoms with Gasteiger partial charge in [0, 0.05) is 36.7 Å². The predicted octanol–water partition coefficient (Wildman–Crippen LogP) is 2.61. The second-order valence-corrected chi connectivity index (χ2v) is 6.79. The molecule has 1 aliphatic carbocycles. The van der Waals surface area contributed by atoms with E-state index in [0.717, 1.165) is 24.9 Å². The summed E-state index contributed by atoms with van der Waals surface area (Å²) in [5.74, 6) is 0.524. The molecule has 1 saturated carbocycles. The molecule has 24 heavy (non-hydrogen) atoms. The largest absolute Gasteiger partial charge is 0.370 e.